The summed E-state index contributed by atoms with van der Waals surface area (Å²) in [5, 5.41) is 12.0. The van der Waals surface area contributed by atoms with Crippen molar-refractivity contribution in [2.75, 3.05) is 11.9 Å². The first-order valence-electron chi connectivity index (χ1n) is 6.72. The normalized spacial score (nSPS) is 10.4. The fourth-order valence-electron chi connectivity index (χ4n) is 1.77. The van der Waals surface area contributed by atoms with Crippen molar-refractivity contribution < 1.29 is 23.6 Å². The van der Waals surface area contributed by atoms with E-state index in [2.05, 4.69) is 10.3 Å². The minimum absolute atomic E-state index is 0.166. The molecule has 0 aliphatic rings. The number of rotatable bonds is 5. The highest BCUT2D eigenvalue weighted by atomic mass is 35.5. The molecule has 2 aromatic rings. The third-order valence-electron chi connectivity index (χ3n) is 2.94. The average molecular weight is 457 g/mol. The molecule has 0 atom stereocenters. The van der Waals surface area contributed by atoms with E-state index in [1.807, 2.05) is 0 Å². The predicted octanol–water partition coefficient (Wildman–Crippen LogP) is 4.54. The van der Waals surface area contributed by atoms with Crippen LogP contribution in [0.5, 0.6) is 0 Å². The second-order valence-electron chi connectivity index (χ2n) is 4.74. The molecule has 27 heavy (non-hydrogen) atoms. The molecule has 0 bridgehead atoms. The molecule has 0 unspecified atom stereocenters. The molecule has 1 heterocycles. The van der Waals surface area contributed by atoms with Crippen molar-refractivity contribution in [3.63, 3.8) is 0 Å². The first-order valence-corrected chi connectivity index (χ1v) is 8.24. The van der Waals surface area contributed by atoms with Crippen LogP contribution < -0.4 is 5.32 Å². The van der Waals surface area contributed by atoms with Crippen LogP contribution in [0.3, 0.4) is 0 Å². The van der Waals surface area contributed by atoms with Crippen LogP contribution in [0.15, 0.2) is 18.2 Å². The van der Waals surface area contributed by atoms with Gasteiger partial charge in [-0.15, -0.1) is 0 Å². The number of nitro groups is 1. The van der Waals surface area contributed by atoms with Crippen LogP contribution in [0, 0.1) is 15.9 Å². The summed E-state index contributed by atoms with van der Waals surface area (Å²) in [7, 11) is 0. The Morgan fingerprint density at radius 3 is 2.48 bits per heavy atom. The van der Waals surface area contributed by atoms with Crippen LogP contribution in [0.2, 0.25) is 20.2 Å². The molecule has 1 aromatic heterocycles. The molecular formula is C14H6Cl4FN3O5. The number of benzene rings is 1. The molecule has 142 valence electrons. The zero-order chi connectivity index (χ0) is 20.3. The first kappa shape index (κ1) is 21.1. The molecule has 1 N–H and O–H groups in total. The van der Waals surface area contributed by atoms with Gasteiger partial charge in [-0.05, 0) is 12.1 Å². The number of carbonyl (C=O) groups excluding carboxylic acids is 2. The quantitative estimate of drug-likeness (QED) is 0.306. The van der Waals surface area contributed by atoms with Crippen molar-refractivity contribution in [2.45, 2.75) is 0 Å². The topological polar surface area (TPSA) is 111 Å². The maximum absolute atomic E-state index is 13.1. The van der Waals surface area contributed by atoms with Crippen molar-refractivity contribution in [3.8, 4) is 0 Å². The van der Waals surface area contributed by atoms with Gasteiger partial charge in [-0.25, -0.2) is 14.2 Å². The molecule has 1 amide bonds. The molecule has 0 radical (unpaired) electrons. The van der Waals surface area contributed by atoms with Gasteiger partial charge in [0.05, 0.1) is 26.1 Å². The Kier molecular flexibility index (Phi) is 6.77. The molecule has 1 aromatic carbocycles. The van der Waals surface area contributed by atoms with Crippen LogP contribution in [0.4, 0.5) is 15.8 Å². The van der Waals surface area contributed by atoms with E-state index in [9.17, 15) is 24.1 Å². The van der Waals surface area contributed by atoms with E-state index in [0.717, 1.165) is 12.1 Å². The summed E-state index contributed by atoms with van der Waals surface area (Å²) in [5.74, 6) is -2.92. The van der Waals surface area contributed by atoms with E-state index in [4.69, 9.17) is 51.1 Å². The Morgan fingerprint density at radius 1 is 1.19 bits per heavy atom. The van der Waals surface area contributed by atoms with E-state index < -0.39 is 40.6 Å². The third kappa shape index (κ3) is 4.95. The SMILES string of the molecule is O=C(COC(=O)c1nc(Cl)c(Cl)c(Cl)c1Cl)Nc1ccc(F)cc1[N+](=O)[O-]. The number of ether oxygens (including phenoxy) is 1. The number of pyridine rings is 1. The van der Waals surface area contributed by atoms with Crippen LogP contribution in [-0.2, 0) is 9.53 Å². The van der Waals surface area contributed by atoms with Gasteiger partial charge >= 0.3 is 5.97 Å². The van der Waals surface area contributed by atoms with Gasteiger partial charge in [-0.1, -0.05) is 46.4 Å². The number of nitro benzene ring substituents is 1. The van der Waals surface area contributed by atoms with Gasteiger partial charge in [-0.3, -0.25) is 14.9 Å². The minimum Gasteiger partial charge on any atom is -0.451 e. The van der Waals surface area contributed by atoms with Crippen LogP contribution in [0.1, 0.15) is 10.5 Å². The van der Waals surface area contributed by atoms with Gasteiger partial charge in [-0.2, -0.15) is 0 Å². The summed E-state index contributed by atoms with van der Waals surface area (Å²) in [4.78, 5) is 37.5. The van der Waals surface area contributed by atoms with Crippen molar-refractivity contribution in [2.24, 2.45) is 0 Å². The monoisotopic (exact) mass is 455 g/mol. The highest BCUT2D eigenvalue weighted by Gasteiger charge is 2.23. The first-order chi connectivity index (χ1) is 12.6. The number of esters is 1. The van der Waals surface area contributed by atoms with Gasteiger partial charge in [0.25, 0.3) is 11.6 Å². The number of anilines is 1. The van der Waals surface area contributed by atoms with E-state index in [0.29, 0.717) is 6.07 Å². The van der Waals surface area contributed by atoms with E-state index >= 15 is 0 Å². The van der Waals surface area contributed by atoms with E-state index in [1.54, 1.807) is 0 Å². The Hall–Kier alpha value is -2.20. The summed E-state index contributed by atoms with van der Waals surface area (Å²) in [5.41, 5.74) is -1.43. The number of hydrogen-bond donors (Lipinski definition) is 1. The zero-order valence-corrected chi connectivity index (χ0v) is 15.8. The fourth-order valence-corrected chi connectivity index (χ4v) is 2.58. The van der Waals surface area contributed by atoms with Crippen LogP contribution >= 0.6 is 46.4 Å². The standard InChI is InChI=1S/C14H6Cl4FN3O5/c15-9-10(16)12(21-13(18)11(9)17)14(24)27-4-8(23)20-6-2-1-5(19)3-7(6)22(25)26/h1-3H,4H2,(H,20,23). The maximum atomic E-state index is 13.1. The smallest absolute Gasteiger partial charge is 0.359 e. The molecule has 0 aliphatic carbocycles. The minimum atomic E-state index is -1.13. The molecule has 2 rings (SSSR count). The number of aromatic nitrogens is 1. The number of hydrogen-bond acceptors (Lipinski definition) is 6. The van der Waals surface area contributed by atoms with Crippen LogP contribution in [-0.4, -0.2) is 28.4 Å². The molecule has 13 heteroatoms. The van der Waals surface area contributed by atoms with Crippen molar-refractivity contribution >= 4 is 69.7 Å². The maximum Gasteiger partial charge on any atom is 0.359 e. The van der Waals surface area contributed by atoms with Gasteiger partial charge in [0, 0.05) is 0 Å². The second kappa shape index (κ2) is 8.66. The summed E-state index contributed by atoms with van der Waals surface area (Å²) in [6, 6.07) is 2.53. The largest absolute Gasteiger partial charge is 0.451 e. The number of nitrogens with zero attached hydrogens (tertiary/aromatic N) is 2. The zero-order valence-electron chi connectivity index (χ0n) is 12.8. The van der Waals surface area contributed by atoms with Crippen molar-refractivity contribution in [3.05, 3.63) is 60.0 Å². The third-order valence-corrected chi connectivity index (χ3v) is 4.62. The van der Waals surface area contributed by atoms with E-state index in [-0.39, 0.29) is 25.9 Å². The summed E-state index contributed by atoms with van der Waals surface area (Å²) in [6.45, 7) is -0.844. The lowest BCUT2D eigenvalue weighted by molar-refractivity contribution is -0.384. The molecule has 0 saturated heterocycles. The van der Waals surface area contributed by atoms with E-state index in [1.165, 1.54) is 0 Å². The van der Waals surface area contributed by atoms with Crippen molar-refractivity contribution in [1.29, 1.82) is 0 Å². The fraction of sp³-hybridized carbons (Fsp3) is 0.0714. The molecular weight excluding hydrogens is 451 g/mol. The molecule has 0 spiro atoms. The Bertz CT molecular complexity index is 957. The molecule has 8 nitrogen and oxygen atoms in total. The number of carbonyl (C=O) groups is 2. The number of amides is 1. The second-order valence-corrected chi connectivity index (χ2v) is 6.23. The molecule has 0 fully saturated rings. The lowest BCUT2D eigenvalue weighted by atomic mass is 10.2. The van der Waals surface area contributed by atoms with Gasteiger partial charge < -0.3 is 10.1 Å². The lowest BCUT2D eigenvalue weighted by Crippen LogP contribution is -2.22. The number of nitrogens with one attached hydrogen (secondary N) is 1. The predicted molar refractivity (Wildman–Crippen MR) is 96.2 cm³/mol. The summed E-state index contributed by atoms with van der Waals surface area (Å²) >= 11 is 23.0. The van der Waals surface area contributed by atoms with Gasteiger partial charge in [0.1, 0.15) is 16.7 Å². The number of halogens is 5. The highest BCUT2D eigenvalue weighted by Crippen LogP contribution is 2.36. The Labute approximate surface area is 170 Å². The highest BCUT2D eigenvalue weighted by molar-refractivity contribution is 6.52. The Balaban J connectivity index is 2.09. The van der Waals surface area contributed by atoms with Gasteiger partial charge in [0.15, 0.2) is 12.3 Å². The van der Waals surface area contributed by atoms with Crippen LogP contribution in [0.25, 0.3) is 0 Å². The lowest BCUT2D eigenvalue weighted by Gasteiger charge is -2.09. The van der Waals surface area contributed by atoms with Gasteiger partial charge in [0.2, 0.25) is 0 Å². The Morgan fingerprint density at radius 2 is 1.85 bits per heavy atom. The molecule has 0 saturated carbocycles. The summed E-state index contributed by atoms with van der Waals surface area (Å²) < 4.78 is 17.8. The average Bonchev–Trinajstić information content (AvgIpc) is 2.62. The van der Waals surface area contributed by atoms with Crippen molar-refractivity contribution in [1.82, 2.24) is 4.98 Å². The molecule has 0 aliphatic heterocycles. The summed E-state index contributed by atoms with van der Waals surface area (Å²) in [6.07, 6.45) is 0.